The maximum absolute atomic E-state index is 12.5. The maximum atomic E-state index is 12.5. The zero-order valence-corrected chi connectivity index (χ0v) is 12.9. The van der Waals surface area contributed by atoms with Crippen molar-refractivity contribution in [3.63, 3.8) is 0 Å². The van der Waals surface area contributed by atoms with E-state index in [1.54, 1.807) is 11.4 Å². The standard InChI is InChI=1S/C12H22N4O3S/c1-3-11-13-12(19-14-11)10-15(2)20(17,18)16-8-6-4-5-7-9-16/h3-10H2,1-2H3. The van der Waals surface area contributed by atoms with Crippen LogP contribution in [0.3, 0.4) is 0 Å². The van der Waals surface area contributed by atoms with Crippen molar-refractivity contribution in [3.8, 4) is 0 Å². The first-order valence-corrected chi connectivity index (χ1v) is 8.46. The second-order valence-electron chi connectivity index (χ2n) is 5.03. The minimum Gasteiger partial charge on any atom is -0.338 e. The highest BCUT2D eigenvalue weighted by Crippen LogP contribution is 2.16. The van der Waals surface area contributed by atoms with E-state index in [4.69, 9.17) is 4.52 Å². The topological polar surface area (TPSA) is 79.5 Å². The molecule has 0 atom stereocenters. The predicted octanol–water partition coefficient (Wildman–Crippen LogP) is 1.18. The van der Waals surface area contributed by atoms with Crippen molar-refractivity contribution in [2.45, 2.75) is 45.6 Å². The quantitative estimate of drug-likeness (QED) is 0.816. The second-order valence-corrected chi connectivity index (χ2v) is 7.07. The fourth-order valence-electron chi connectivity index (χ4n) is 2.24. The summed E-state index contributed by atoms with van der Waals surface area (Å²) in [7, 11) is -1.89. The molecule has 1 aromatic rings. The first kappa shape index (κ1) is 15.4. The van der Waals surface area contributed by atoms with Gasteiger partial charge in [-0.3, -0.25) is 0 Å². The van der Waals surface area contributed by atoms with Crippen molar-refractivity contribution in [2.24, 2.45) is 0 Å². The molecule has 0 N–H and O–H groups in total. The summed E-state index contributed by atoms with van der Waals surface area (Å²) < 4.78 is 32.8. The van der Waals surface area contributed by atoms with Crippen LogP contribution in [-0.4, -0.2) is 47.3 Å². The van der Waals surface area contributed by atoms with Crippen molar-refractivity contribution < 1.29 is 12.9 Å². The lowest BCUT2D eigenvalue weighted by molar-refractivity contribution is 0.313. The van der Waals surface area contributed by atoms with Crippen LogP contribution in [0, 0.1) is 0 Å². The van der Waals surface area contributed by atoms with Crippen LogP contribution in [0.2, 0.25) is 0 Å². The van der Waals surface area contributed by atoms with Crippen molar-refractivity contribution in [2.75, 3.05) is 20.1 Å². The Morgan fingerprint density at radius 1 is 1.25 bits per heavy atom. The van der Waals surface area contributed by atoms with Crippen LogP contribution in [0.25, 0.3) is 0 Å². The molecule has 0 spiro atoms. The van der Waals surface area contributed by atoms with Crippen LogP contribution >= 0.6 is 0 Å². The van der Waals surface area contributed by atoms with E-state index in [0.717, 1.165) is 25.7 Å². The van der Waals surface area contributed by atoms with Crippen LogP contribution in [0.4, 0.5) is 0 Å². The Morgan fingerprint density at radius 2 is 1.90 bits per heavy atom. The van der Waals surface area contributed by atoms with Crippen molar-refractivity contribution in [3.05, 3.63) is 11.7 Å². The van der Waals surface area contributed by atoms with Crippen LogP contribution < -0.4 is 0 Å². The molecule has 1 fully saturated rings. The summed E-state index contributed by atoms with van der Waals surface area (Å²) in [5, 5.41) is 3.78. The van der Waals surface area contributed by atoms with Gasteiger partial charge in [-0.1, -0.05) is 24.9 Å². The molecule has 2 rings (SSSR count). The highest BCUT2D eigenvalue weighted by molar-refractivity contribution is 7.86. The lowest BCUT2D eigenvalue weighted by Crippen LogP contribution is -2.42. The van der Waals surface area contributed by atoms with Gasteiger partial charge in [0.1, 0.15) is 0 Å². The Hall–Kier alpha value is -0.990. The van der Waals surface area contributed by atoms with E-state index in [1.807, 2.05) is 6.92 Å². The van der Waals surface area contributed by atoms with Gasteiger partial charge in [0.2, 0.25) is 5.89 Å². The molecule has 0 aromatic carbocycles. The molecule has 1 saturated heterocycles. The summed E-state index contributed by atoms with van der Waals surface area (Å²) in [6.45, 7) is 3.23. The molecule has 1 aromatic heterocycles. The van der Waals surface area contributed by atoms with Gasteiger partial charge in [0, 0.05) is 26.6 Å². The highest BCUT2D eigenvalue weighted by atomic mass is 32.2. The predicted molar refractivity (Wildman–Crippen MR) is 74.1 cm³/mol. The third-order valence-corrected chi connectivity index (χ3v) is 5.40. The third kappa shape index (κ3) is 3.56. The van der Waals surface area contributed by atoms with Gasteiger partial charge in [-0.15, -0.1) is 0 Å². The van der Waals surface area contributed by atoms with Crippen LogP contribution in [0.15, 0.2) is 4.52 Å². The summed E-state index contributed by atoms with van der Waals surface area (Å²) in [6, 6.07) is 0. The monoisotopic (exact) mass is 302 g/mol. The molecule has 0 aliphatic carbocycles. The molecule has 0 radical (unpaired) electrons. The smallest absolute Gasteiger partial charge is 0.282 e. The summed E-state index contributed by atoms with van der Waals surface area (Å²) in [6.07, 6.45) is 4.71. The molecule has 2 heterocycles. The van der Waals surface area contributed by atoms with Gasteiger partial charge in [-0.05, 0) is 12.8 Å². The fraction of sp³-hybridized carbons (Fsp3) is 0.833. The maximum Gasteiger partial charge on any atom is 0.282 e. The Morgan fingerprint density at radius 3 is 2.45 bits per heavy atom. The van der Waals surface area contributed by atoms with E-state index in [9.17, 15) is 8.42 Å². The van der Waals surface area contributed by atoms with Gasteiger partial charge in [0.15, 0.2) is 5.82 Å². The van der Waals surface area contributed by atoms with Crippen LogP contribution in [0.5, 0.6) is 0 Å². The van der Waals surface area contributed by atoms with Crippen molar-refractivity contribution >= 4 is 10.2 Å². The summed E-state index contributed by atoms with van der Waals surface area (Å²) in [5.41, 5.74) is 0. The van der Waals surface area contributed by atoms with Crippen LogP contribution in [-0.2, 0) is 23.2 Å². The SMILES string of the molecule is CCc1noc(CN(C)S(=O)(=O)N2CCCCCC2)n1. The Balaban J connectivity index is 2.03. The number of nitrogens with zero attached hydrogens (tertiary/aromatic N) is 4. The summed E-state index contributed by atoms with van der Waals surface area (Å²) >= 11 is 0. The fourth-order valence-corrected chi connectivity index (χ4v) is 3.63. The number of aromatic nitrogens is 2. The van der Waals surface area contributed by atoms with Gasteiger partial charge in [-0.2, -0.15) is 22.0 Å². The summed E-state index contributed by atoms with van der Waals surface area (Å²) in [5.74, 6) is 0.934. The number of hydrogen-bond acceptors (Lipinski definition) is 5. The Labute approximate surface area is 120 Å². The summed E-state index contributed by atoms with van der Waals surface area (Å²) in [4.78, 5) is 4.14. The van der Waals surface area contributed by atoms with E-state index in [1.165, 1.54) is 4.31 Å². The molecule has 8 heteroatoms. The average molecular weight is 302 g/mol. The second kappa shape index (κ2) is 6.64. The van der Waals surface area contributed by atoms with E-state index in [0.29, 0.717) is 31.2 Å². The molecule has 0 amide bonds. The first-order valence-electron chi connectivity index (χ1n) is 7.07. The van der Waals surface area contributed by atoms with E-state index < -0.39 is 10.2 Å². The molecular weight excluding hydrogens is 280 g/mol. The van der Waals surface area contributed by atoms with Gasteiger partial charge >= 0.3 is 0 Å². The molecule has 0 unspecified atom stereocenters. The lowest BCUT2D eigenvalue weighted by Gasteiger charge is -2.25. The number of hydrogen-bond donors (Lipinski definition) is 0. The molecule has 1 aliphatic rings. The normalized spacial score (nSPS) is 18.4. The third-order valence-electron chi connectivity index (χ3n) is 3.47. The molecule has 0 bridgehead atoms. The van der Waals surface area contributed by atoms with Gasteiger partial charge in [-0.25, -0.2) is 0 Å². The molecular formula is C12H22N4O3S. The van der Waals surface area contributed by atoms with Gasteiger partial charge in [0.25, 0.3) is 10.2 Å². The van der Waals surface area contributed by atoms with Crippen molar-refractivity contribution in [1.82, 2.24) is 18.8 Å². The zero-order valence-electron chi connectivity index (χ0n) is 12.1. The van der Waals surface area contributed by atoms with Gasteiger partial charge in [0.05, 0.1) is 6.54 Å². The van der Waals surface area contributed by atoms with E-state index in [2.05, 4.69) is 10.1 Å². The largest absolute Gasteiger partial charge is 0.338 e. The minimum atomic E-state index is -3.44. The Kier molecular flexibility index (Phi) is 5.11. The van der Waals surface area contributed by atoms with E-state index >= 15 is 0 Å². The molecule has 7 nitrogen and oxygen atoms in total. The molecule has 0 saturated carbocycles. The van der Waals surface area contributed by atoms with Crippen molar-refractivity contribution in [1.29, 1.82) is 0 Å². The average Bonchev–Trinajstić information content (AvgIpc) is 2.70. The lowest BCUT2D eigenvalue weighted by atomic mass is 10.2. The number of rotatable bonds is 5. The zero-order chi connectivity index (χ0) is 14.6. The molecule has 114 valence electrons. The van der Waals surface area contributed by atoms with Gasteiger partial charge < -0.3 is 4.52 Å². The minimum absolute atomic E-state index is 0.117. The van der Waals surface area contributed by atoms with Crippen LogP contribution in [0.1, 0.15) is 44.3 Å². The van der Waals surface area contributed by atoms with E-state index in [-0.39, 0.29) is 6.54 Å². The highest BCUT2D eigenvalue weighted by Gasteiger charge is 2.28. The molecule has 1 aliphatic heterocycles. The first-order chi connectivity index (χ1) is 9.54. The molecule has 20 heavy (non-hydrogen) atoms. The number of aryl methyl sites for hydroxylation is 1. The Bertz CT molecular complexity index is 521.